The lowest BCUT2D eigenvalue weighted by Crippen LogP contribution is -2.16. The van der Waals surface area contributed by atoms with Gasteiger partial charge in [-0.25, -0.2) is 13.6 Å². The Hall–Kier alpha value is -1.76. The number of alkyl halides is 2. The summed E-state index contributed by atoms with van der Waals surface area (Å²) in [5, 5.41) is 12.0. The minimum Gasteiger partial charge on any atom is -0.478 e. The van der Waals surface area contributed by atoms with E-state index in [1.165, 1.54) is 0 Å². The quantitative estimate of drug-likeness (QED) is 0.745. The van der Waals surface area contributed by atoms with Crippen LogP contribution in [0.4, 0.5) is 14.5 Å². The first-order valence-electron chi connectivity index (χ1n) is 5.73. The zero-order chi connectivity index (χ0) is 14.4. The van der Waals surface area contributed by atoms with Gasteiger partial charge in [-0.15, -0.1) is 0 Å². The molecule has 2 N–H and O–H groups in total. The smallest absolute Gasteiger partial charge is 0.339 e. The molecule has 0 spiro atoms. The number of nitrogens with one attached hydrogen (secondary N) is 1. The Labute approximate surface area is 109 Å². The number of carboxylic acids is 1. The van der Waals surface area contributed by atoms with Crippen molar-refractivity contribution in [1.82, 2.24) is 4.98 Å². The van der Waals surface area contributed by atoms with Crippen molar-refractivity contribution in [3.05, 3.63) is 23.0 Å². The van der Waals surface area contributed by atoms with Crippen molar-refractivity contribution in [3.63, 3.8) is 0 Å². The van der Waals surface area contributed by atoms with Gasteiger partial charge in [-0.2, -0.15) is 0 Å². The molecular weight excluding hydrogens is 258 g/mol. The summed E-state index contributed by atoms with van der Waals surface area (Å²) in [5.41, 5.74) is 1.58. The van der Waals surface area contributed by atoms with Gasteiger partial charge >= 0.3 is 5.97 Å². The van der Waals surface area contributed by atoms with Crippen molar-refractivity contribution >= 4 is 11.7 Å². The highest BCUT2D eigenvalue weighted by Gasteiger charge is 2.15. The molecule has 5 nitrogen and oxygen atoms in total. The SMILES string of the molecule is Cc1cc(NCCOCC(F)F)c(C(=O)O)c(C)n1. The van der Waals surface area contributed by atoms with Crippen LogP contribution in [0.5, 0.6) is 0 Å². The monoisotopic (exact) mass is 274 g/mol. The van der Waals surface area contributed by atoms with E-state index in [-0.39, 0.29) is 18.7 Å². The summed E-state index contributed by atoms with van der Waals surface area (Å²) in [6, 6.07) is 1.60. The van der Waals surface area contributed by atoms with Crippen molar-refractivity contribution in [2.75, 3.05) is 25.1 Å². The molecule has 0 saturated carbocycles. The predicted octanol–water partition coefficient (Wildman–Crippen LogP) is 2.09. The van der Waals surface area contributed by atoms with Crippen molar-refractivity contribution in [1.29, 1.82) is 0 Å². The summed E-state index contributed by atoms with van der Waals surface area (Å²) in [5.74, 6) is -1.08. The predicted molar refractivity (Wildman–Crippen MR) is 66.0 cm³/mol. The zero-order valence-electron chi connectivity index (χ0n) is 10.7. The first-order chi connectivity index (χ1) is 8.91. The number of rotatable bonds is 7. The largest absolute Gasteiger partial charge is 0.478 e. The van der Waals surface area contributed by atoms with Gasteiger partial charge in [-0.05, 0) is 19.9 Å². The first kappa shape index (κ1) is 15.3. The number of halogens is 2. The number of hydrogen-bond acceptors (Lipinski definition) is 4. The fraction of sp³-hybridized carbons (Fsp3) is 0.500. The minimum atomic E-state index is -2.50. The number of carboxylic acid groups (broad SMARTS) is 1. The van der Waals surface area contributed by atoms with E-state index in [9.17, 15) is 13.6 Å². The topological polar surface area (TPSA) is 71.5 Å². The van der Waals surface area contributed by atoms with Crippen LogP contribution in [-0.4, -0.2) is 42.2 Å². The van der Waals surface area contributed by atoms with E-state index < -0.39 is 19.0 Å². The Morgan fingerprint density at radius 1 is 1.53 bits per heavy atom. The molecule has 1 rings (SSSR count). The summed E-state index contributed by atoms with van der Waals surface area (Å²) < 4.78 is 28.4. The molecule has 0 atom stereocenters. The van der Waals surface area contributed by atoms with Crippen LogP contribution in [0.25, 0.3) is 0 Å². The van der Waals surface area contributed by atoms with Crippen molar-refractivity contribution in [3.8, 4) is 0 Å². The van der Waals surface area contributed by atoms with Gasteiger partial charge < -0.3 is 15.2 Å². The van der Waals surface area contributed by atoms with Gasteiger partial charge in [0.1, 0.15) is 12.2 Å². The number of aromatic nitrogens is 1. The van der Waals surface area contributed by atoms with Crippen LogP contribution < -0.4 is 5.32 Å². The van der Waals surface area contributed by atoms with Gasteiger partial charge in [-0.3, -0.25) is 4.98 Å². The Morgan fingerprint density at radius 2 is 2.21 bits per heavy atom. The molecule has 0 saturated heterocycles. The van der Waals surface area contributed by atoms with Crippen molar-refractivity contribution in [2.45, 2.75) is 20.3 Å². The molecule has 0 unspecified atom stereocenters. The number of nitrogens with zero attached hydrogens (tertiary/aromatic N) is 1. The van der Waals surface area contributed by atoms with Crippen molar-refractivity contribution < 1.29 is 23.4 Å². The minimum absolute atomic E-state index is 0.0732. The van der Waals surface area contributed by atoms with Crippen LogP contribution in [0.15, 0.2) is 6.07 Å². The summed E-state index contributed by atoms with van der Waals surface area (Å²) in [7, 11) is 0. The van der Waals surface area contributed by atoms with Gasteiger partial charge in [0.25, 0.3) is 6.43 Å². The van der Waals surface area contributed by atoms with E-state index in [1.807, 2.05) is 0 Å². The van der Waals surface area contributed by atoms with E-state index in [4.69, 9.17) is 9.84 Å². The van der Waals surface area contributed by atoms with Gasteiger partial charge in [-0.1, -0.05) is 0 Å². The highest BCUT2D eigenvalue weighted by atomic mass is 19.3. The Bertz CT molecular complexity index is 453. The van der Waals surface area contributed by atoms with Gasteiger partial charge in [0.05, 0.1) is 18.0 Å². The number of aryl methyl sites for hydroxylation is 2. The molecule has 0 radical (unpaired) electrons. The summed E-state index contributed by atoms with van der Waals surface area (Å²) in [4.78, 5) is 15.2. The van der Waals surface area contributed by atoms with Gasteiger partial charge in [0.15, 0.2) is 0 Å². The number of ether oxygens (including phenoxy) is 1. The van der Waals surface area contributed by atoms with E-state index in [0.29, 0.717) is 17.1 Å². The number of hydrogen-bond donors (Lipinski definition) is 2. The van der Waals surface area contributed by atoms with Crippen LogP contribution in [0.3, 0.4) is 0 Å². The second-order valence-corrected chi connectivity index (χ2v) is 3.97. The maximum Gasteiger partial charge on any atom is 0.339 e. The molecule has 0 aliphatic rings. The standard InChI is InChI=1S/C12H16F2N2O3/c1-7-5-9(11(12(17)18)8(2)16-7)15-3-4-19-6-10(13)14/h5,10H,3-4,6H2,1-2H3,(H,15,16)(H,17,18). The first-order valence-corrected chi connectivity index (χ1v) is 5.73. The van der Waals surface area contributed by atoms with E-state index in [0.717, 1.165) is 0 Å². The lowest BCUT2D eigenvalue weighted by Gasteiger charge is -2.12. The van der Waals surface area contributed by atoms with Crippen LogP contribution >= 0.6 is 0 Å². The molecule has 0 bridgehead atoms. The van der Waals surface area contributed by atoms with Crippen LogP contribution in [0, 0.1) is 13.8 Å². The number of carbonyl (C=O) groups is 1. The van der Waals surface area contributed by atoms with Gasteiger partial charge in [0.2, 0.25) is 0 Å². The Morgan fingerprint density at radius 3 is 2.79 bits per heavy atom. The molecule has 7 heteroatoms. The molecule has 0 aromatic carbocycles. The third-order valence-corrected chi connectivity index (χ3v) is 2.35. The maximum absolute atomic E-state index is 11.8. The average Bonchev–Trinajstić information content (AvgIpc) is 2.26. The second kappa shape index (κ2) is 6.98. The molecule has 1 aromatic rings. The average molecular weight is 274 g/mol. The molecular formula is C12H16F2N2O3. The molecule has 0 fully saturated rings. The lowest BCUT2D eigenvalue weighted by atomic mass is 10.1. The Balaban J connectivity index is 2.64. The molecule has 19 heavy (non-hydrogen) atoms. The number of anilines is 1. The second-order valence-electron chi connectivity index (χ2n) is 3.97. The molecule has 0 aliphatic carbocycles. The summed E-state index contributed by atoms with van der Waals surface area (Å²) in [6.07, 6.45) is -2.50. The molecule has 0 amide bonds. The summed E-state index contributed by atoms with van der Waals surface area (Å²) in [6.45, 7) is 3.05. The Kier molecular flexibility index (Phi) is 5.62. The van der Waals surface area contributed by atoms with Crippen molar-refractivity contribution in [2.24, 2.45) is 0 Å². The zero-order valence-corrected chi connectivity index (χ0v) is 10.7. The van der Waals surface area contributed by atoms with E-state index in [2.05, 4.69) is 10.3 Å². The van der Waals surface area contributed by atoms with E-state index >= 15 is 0 Å². The van der Waals surface area contributed by atoms with E-state index in [1.54, 1.807) is 19.9 Å². The fourth-order valence-corrected chi connectivity index (χ4v) is 1.67. The third-order valence-electron chi connectivity index (χ3n) is 2.35. The number of aromatic carboxylic acids is 1. The number of pyridine rings is 1. The van der Waals surface area contributed by atoms with Gasteiger partial charge in [0, 0.05) is 12.2 Å². The third kappa shape index (κ3) is 4.78. The normalized spacial score (nSPS) is 10.8. The molecule has 1 aromatic heterocycles. The molecule has 1 heterocycles. The molecule has 0 aliphatic heterocycles. The summed E-state index contributed by atoms with van der Waals surface area (Å²) >= 11 is 0. The highest BCUT2D eigenvalue weighted by Crippen LogP contribution is 2.19. The van der Waals surface area contributed by atoms with Crippen LogP contribution in [0.1, 0.15) is 21.7 Å². The van der Waals surface area contributed by atoms with Crippen LogP contribution in [0.2, 0.25) is 0 Å². The highest BCUT2D eigenvalue weighted by molar-refractivity contribution is 5.95. The lowest BCUT2D eigenvalue weighted by molar-refractivity contribution is 0.0215. The maximum atomic E-state index is 11.8. The fourth-order valence-electron chi connectivity index (χ4n) is 1.67. The molecule has 106 valence electrons. The van der Waals surface area contributed by atoms with Crippen LogP contribution in [-0.2, 0) is 4.74 Å².